The first-order valence-corrected chi connectivity index (χ1v) is 11.9. The van der Waals surface area contributed by atoms with Gasteiger partial charge in [-0.1, -0.05) is 53.5 Å². The first kappa shape index (κ1) is 24.1. The maximum Gasteiger partial charge on any atom is 0.248 e. The number of rotatable bonds is 7. The maximum atomic E-state index is 12.3. The molecule has 3 aromatic carbocycles. The van der Waals surface area contributed by atoms with Gasteiger partial charge in [0.15, 0.2) is 0 Å². The van der Waals surface area contributed by atoms with Crippen LogP contribution in [0, 0.1) is 0 Å². The SMILES string of the molecule is COc1ccc(/C=C/C(=O)Nc2ccc(N3CCN(Cc4ccccc4Cl)CC3)c(Cl)c2)cc1. The molecule has 1 amide bonds. The minimum atomic E-state index is -0.215. The molecule has 7 heteroatoms. The summed E-state index contributed by atoms with van der Waals surface area (Å²) in [5.74, 6) is 0.561. The molecule has 3 aromatic rings. The van der Waals surface area contributed by atoms with Crippen LogP contribution in [0.3, 0.4) is 0 Å². The van der Waals surface area contributed by atoms with Gasteiger partial charge >= 0.3 is 0 Å². The minimum Gasteiger partial charge on any atom is -0.497 e. The van der Waals surface area contributed by atoms with Crippen LogP contribution in [0.25, 0.3) is 6.08 Å². The van der Waals surface area contributed by atoms with E-state index in [0.717, 1.165) is 60.3 Å². The molecule has 0 spiro atoms. The molecule has 0 bridgehead atoms. The van der Waals surface area contributed by atoms with E-state index in [1.165, 1.54) is 6.08 Å². The van der Waals surface area contributed by atoms with Crippen molar-refractivity contribution in [2.24, 2.45) is 0 Å². The molecule has 0 aliphatic carbocycles. The van der Waals surface area contributed by atoms with E-state index in [1.54, 1.807) is 19.3 Å². The number of halogens is 2. The second kappa shape index (κ2) is 11.4. The molecule has 0 unspecified atom stereocenters. The summed E-state index contributed by atoms with van der Waals surface area (Å²) < 4.78 is 5.15. The van der Waals surface area contributed by atoms with E-state index in [4.69, 9.17) is 27.9 Å². The van der Waals surface area contributed by atoms with Crippen LogP contribution in [0.15, 0.2) is 72.8 Å². The third kappa shape index (κ3) is 6.32. The number of nitrogens with one attached hydrogen (secondary N) is 1. The van der Waals surface area contributed by atoms with Crippen LogP contribution >= 0.6 is 23.2 Å². The maximum absolute atomic E-state index is 12.3. The highest BCUT2D eigenvalue weighted by atomic mass is 35.5. The zero-order valence-electron chi connectivity index (χ0n) is 19.0. The lowest BCUT2D eigenvalue weighted by Crippen LogP contribution is -2.46. The van der Waals surface area contributed by atoms with E-state index in [9.17, 15) is 4.79 Å². The summed E-state index contributed by atoms with van der Waals surface area (Å²) in [6.45, 7) is 4.45. The van der Waals surface area contributed by atoms with Crippen molar-refractivity contribution in [2.45, 2.75) is 6.54 Å². The third-order valence-corrected chi connectivity index (χ3v) is 6.49. The number of methoxy groups -OCH3 is 1. The number of piperazine rings is 1. The molecule has 0 atom stereocenters. The molecular weight excluding hydrogens is 469 g/mol. The predicted molar refractivity (Wildman–Crippen MR) is 141 cm³/mol. The summed E-state index contributed by atoms with van der Waals surface area (Å²) in [7, 11) is 1.62. The molecule has 4 rings (SSSR count). The van der Waals surface area contributed by atoms with Crippen LogP contribution < -0.4 is 15.0 Å². The van der Waals surface area contributed by atoms with Gasteiger partial charge in [-0.05, 0) is 53.6 Å². The topological polar surface area (TPSA) is 44.8 Å². The third-order valence-electron chi connectivity index (χ3n) is 5.82. The number of anilines is 2. The Morgan fingerprint density at radius 3 is 2.38 bits per heavy atom. The Bertz CT molecular complexity index is 1160. The van der Waals surface area contributed by atoms with E-state index in [0.29, 0.717) is 10.7 Å². The smallest absolute Gasteiger partial charge is 0.248 e. The van der Waals surface area contributed by atoms with Gasteiger partial charge in [-0.15, -0.1) is 0 Å². The molecule has 0 saturated carbocycles. The molecular formula is C27H27Cl2N3O2. The summed E-state index contributed by atoms with van der Waals surface area (Å²) in [6, 6.07) is 21.1. The fraction of sp³-hybridized carbons (Fsp3) is 0.222. The van der Waals surface area contributed by atoms with Crippen molar-refractivity contribution >= 4 is 46.6 Å². The van der Waals surface area contributed by atoms with E-state index in [1.807, 2.05) is 54.6 Å². The van der Waals surface area contributed by atoms with Gasteiger partial charge in [-0.2, -0.15) is 0 Å². The first-order chi connectivity index (χ1) is 16.5. The highest BCUT2D eigenvalue weighted by Gasteiger charge is 2.20. The second-order valence-electron chi connectivity index (χ2n) is 8.12. The zero-order chi connectivity index (χ0) is 23.9. The van der Waals surface area contributed by atoms with Crippen LogP contribution in [-0.4, -0.2) is 44.1 Å². The highest BCUT2D eigenvalue weighted by molar-refractivity contribution is 6.33. The molecule has 1 N–H and O–H groups in total. The molecule has 0 aromatic heterocycles. The number of carbonyl (C=O) groups excluding carboxylic acids is 1. The number of benzene rings is 3. The summed E-state index contributed by atoms with van der Waals surface area (Å²) in [4.78, 5) is 17.0. The van der Waals surface area contributed by atoms with Crippen molar-refractivity contribution in [3.8, 4) is 5.75 Å². The normalized spacial score (nSPS) is 14.4. The van der Waals surface area contributed by atoms with Gasteiger partial charge in [0.2, 0.25) is 5.91 Å². The van der Waals surface area contributed by atoms with Crippen molar-refractivity contribution in [3.63, 3.8) is 0 Å². The standard InChI is InChI=1S/C27H27Cl2N3O2/c1-34-23-10-6-20(7-11-23)8-13-27(33)30-22-9-12-26(25(29)18-22)32-16-14-31(15-17-32)19-21-4-2-3-5-24(21)28/h2-13,18H,14-17,19H2,1H3,(H,30,33)/b13-8+. The van der Waals surface area contributed by atoms with Crippen molar-refractivity contribution in [1.29, 1.82) is 0 Å². The fourth-order valence-corrected chi connectivity index (χ4v) is 4.42. The van der Waals surface area contributed by atoms with Gasteiger partial charge in [0.05, 0.1) is 17.8 Å². The molecule has 176 valence electrons. The number of ether oxygens (including phenoxy) is 1. The Hall–Kier alpha value is -2.99. The summed E-state index contributed by atoms with van der Waals surface area (Å²) in [5.41, 5.74) is 3.70. The van der Waals surface area contributed by atoms with Crippen LogP contribution in [0.1, 0.15) is 11.1 Å². The summed E-state index contributed by atoms with van der Waals surface area (Å²) in [5, 5.41) is 4.30. The number of amides is 1. The van der Waals surface area contributed by atoms with Crippen molar-refractivity contribution in [1.82, 2.24) is 4.90 Å². The monoisotopic (exact) mass is 495 g/mol. The van der Waals surface area contributed by atoms with Gasteiger partial charge in [0.1, 0.15) is 5.75 Å². The number of carbonyl (C=O) groups is 1. The van der Waals surface area contributed by atoms with Crippen molar-refractivity contribution < 1.29 is 9.53 Å². The molecule has 1 saturated heterocycles. The average molecular weight is 496 g/mol. The van der Waals surface area contributed by atoms with E-state index >= 15 is 0 Å². The Labute approximate surface area is 210 Å². The number of hydrogen-bond donors (Lipinski definition) is 1. The largest absolute Gasteiger partial charge is 0.497 e. The molecule has 1 heterocycles. The quantitative estimate of drug-likeness (QED) is 0.409. The van der Waals surface area contributed by atoms with E-state index in [2.05, 4.69) is 21.2 Å². The van der Waals surface area contributed by atoms with Crippen LogP contribution in [0.5, 0.6) is 5.75 Å². The van der Waals surface area contributed by atoms with Crippen molar-refractivity contribution in [2.75, 3.05) is 43.5 Å². The van der Waals surface area contributed by atoms with Crippen molar-refractivity contribution in [3.05, 3.63) is 94.0 Å². The average Bonchev–Trinajstić information content (AvgIpc) is 2.85. The predicted octanol–water partition coefficient (Wildman–Crippen LogP) is 5.98. The van der Waals surface area contributed by atoms with Gasteiger partial charge in [-0.3, -0.25) is 9.69 Å². The van der Waals surface area contributed by atoms with Gasteiger partial charge in [0, 0.05) is 49.5 Å². The van der Waals surface area contributed by atoms with Gasteiger partial charge in [0.25, 0.3) is 0 Å². The molecule has 5 nitrogen and oxygen atoms in total. The Morgan fingerprint density at radius 1 is 0.971 bits per heavy atom. The molecule has 1 fully saturated rings. The Balaban J connectivity index is 1.31. The zero-order valence-corrected chi connectivity index (χ0v) is 20.5. The minimum absolute atomic E-state index is 0.215. The fourth-order valence-electron chi connectivity index (χ4n) is 3.93. The Kier molecular flexibility index (Phi) is 8.12. The summed E-state index contributed by atoms with van der Waals surface area (Å²) >= 11 is 12.9. The summed E-state index contributed by atoms with van der Waals surface area (Å²) in [6.07, 6.45) is 3.26. The van der Waals surface area contributed by atoms with Gasteiger partial charge in [-0.25, -0.2) is 0 Å². The van der Waals surface area contributed by atoms with Crippen LogP contribution in [0.4, 0.5) is 11.4 Å². The highest BCUT2D eigenvalue weighted by Crippen LogP contribution is 2.30. The molecule has 1 aliphatic heterocycles. The lowest BCUT2D eigenvalue weighted by Gasteiger charge is -2.36. The van der Waals surface area contributed by atoms with Crippen LogP contribution in [-0.2, 0) is 11.3 Å². The lowest BCUT2D eigenvalue weighted by atomic mass is 10.2. The molecule has 1 aliphatic rings. The van der Waals surface area contributed by atoms with E-state index < -0.39 is 0 Å². The van der Waals surface area contributed by atoms with E-state index in [-0.39, 0.29) is 5.91 Å². The lowest BCUT2D eigenvalue weighted by molar-refractivity contribution is -0.111. The number of nitrogens with zero attached hydrogens (tertiary/aromatic N) is 2. The first-order valence-electron chi connectivity index (χ1n) is 11.2. The van der Waals surface area contributed by atoms with Gasteiger partial charge < -0.3 is 15.0 Å². The Morgan fingerprint density at radius 2 is 1.71 bits per heavy atom. The number of hydrogen-bond acceptors (Lipinski definition) is 4. The molecule has 0 radical (unpaired) electrons. The van der Waals surface area contributed by atoms with Crippen LogP contribution in [0.2, 0.25) is 10.0 Å². The second-order valence-corrected chi connectivity index (χ2v) is 8.93. The molecule has 34 heavy (non-hydrogen) atoms.